The third-order valence-corrected chi connectivity index (χ3v) is 2.45. The van der Waals surface area contributed by atoms with Gasteiger partial charge in [-0.05, 0) is 34.5 Å². The minimum Gasteiger partial charge on any atom is -0.474 e. The first-order valence-electron chi connectivity index (χ1n) is 5.20. The van der Waals surface area contributed by atoms with Crippen LogP contribution in [0, 0.1) is 0 Å². The van der Waals surface area contributed by atoms with E-state index in [2.05, 4.69) is 25.9 Å². The highest BCUT2D eigenvalue weighted by molar-refractivity contribution is 9.10. The van der Waals surface area contributed by atoms with Crippen molar-refractivity contribution in [3.8, 4) is 5.88 Å². The molecular weight excluding hydrogens is 311 g/mol. The van der Waals surface area contributed by atoms with Gasteiger partial charge in [-0.25, -0.2) is 4.98 Å². The summed E-state index contributed by atoms with van der Waals surface area (Å²) < 4.78 is 16.4. The Labute approximate surface area is 114 Å². The van der Waals surface area contributed by atoms with Crippen molar-refractivity contribution in [3.05, 3.63) is 16.0 Å². The summed E-state index contributed by atoms with van der Waals surface area (Å²) in [5, 5.41) is 0.153. The highest BCUT2D eigenvalue weighted by Gasteiger charge is 2.04. The molecule has 0 atom stereocenters. The Morgan fingerprint density at radius 1 is 1.24 bits per heavy atom. The van der Waals surface area contributed by atoms with Crippen LogP contribution < -0.4 is 4.74 Å². The molecular formula is C10H14BrClN2O3. The van der Waals surface area contributed by atoms with Gasteiger partial charge in [0.2, 0.25) is 11.2 Å². The van der Waals surface area contributed by atoms with Gasteiger partial charge in [0.25, 0.3) is 0 Å². The summed E-state index contributed by atoms with van der Waals surface area (Å²) in [4.78, 5) is 7.72. The molecule has 1 aromatic rings. The Bertz CT molecular complexity index is 341. The van der Waals surface area contributed by atoms with Gasteiger partial charge in [0.15, 0.2) is 0 Å². The second-order valence-corrected chi connectivity index (χ2v) is 4.14. The molecule has 0 amide bonds. The monoisotopic (exact) mass is 324 g/mol. The third kappa shape index (κ3) is 6.16. The molecule has 0 spiro atoms. The van der Waals surface area contributed by atoms with Crippen LogP contribution in [0.5, 0.6) is 5.88 Å². The van der Waals surface area contributed by atoms with Crippen LogP contribution in [0.2, 0.25) is 5.28 Å². The molecule has 0 saturated carbocycles. The van der Waals surface area contributed by atoms with Gasteiger partial charge in [0, 0.05) is 12.8 Å². The first-order valence-corrected chi connectivity index (χ1v) is 6.37. The lowest BCUT2D eigenvalue weighted by Gasteiger charge is -2.07. The van der Waals surface area contributed by atoms with Gasteiger partial charge < -0.3 is 14.2 Å². The molecule has 17 heavy (non-hydrogen) atoms. The summed E-state index contributed by atoms with van der Waals surface area (Å²) in [6.07, 6.45) is 1.54. The van der Waals surface area contributed by atoms with Crippen molar-refractivity contribution < 1.29 is 14.2 Å². The maximum absolute atomic E-state index is 5.64. The molecule has 0 saturated heterocycles. The SMILES string of the molecule is CCOCCOCCOc1nc(Cl)ncc1Br. The van der Waals surface area contributed by atoms with E-state index >= 15 is 0 Å². The smallest absolute Gasteiger partial charge is 0.232 e. The molecule has 0 N–H and O–H groups in total. The van der Waals surface area contributed by atoms with E-state index in [1.165, 1.54) is 0 Å². The Morgan fingerprint density at radius 3 is 2.71 bits per heavy atom. The van der Waals surface area contributed by atoms with Crippen LogP contribution in [0.3, 0.4) is 0 Å². The van der Waals surface area contributed by atoms with Gasteiger partial charge in [0.05, 0.1) is 24.3 Å². The van der Waals surface area contributed by atoms with Crippen molar-refractivity contribution in [3.63, 3.8) is 0 Å². The van der Waals surface area contributed by atoms with Crippen LogP contribution in [-0.4, -0.2) is 43.0 Å². The third-order valence-electron chi connectivity index (χ3n) is 1.73. The lowest BCUT2D eigenvalue weighted by Crippen LogP contribution is -2.11. The van der Waals surface area contributed by atoms with Crippen LogP contribution in [-0.2, 0) is 9.47 Å². The molecule has 0 aliphatic carbocycles. The average molecular weight is 326 g/mol. The van der Waals surface area contributed by atoms with Gasteiger partial charge in [-0.15, -0.1) is 0 Å². The van der Waals surface area contributed by atoms with Crippen LogP contribution in [0.15, 0.2) is 10.7 Å². The Balaban J connectivity index is 2.15. The molecule has 0 aromatic carbocycles. The van der Waals surface area contributed by atoms with E-state index < -0.39 is 0 Å². The van der Waals surface area contributed by atoms with E-state index in [0.29, 0.717) is 43.4 Å². The minimum absolute atomic E-state index is 0.153. The van der Waals surface area contributed by atoms with Gasteiger partial charge in [0.1, 0.15) is 6.61 Å². The van der Waals surface area contributed by atoms with E-state index in [1.54, 1.807) is 6.20 Å². The predicted octanol–water partition coefficient (Wildman–Crippen LogP) is 2.32. The quantitative estimate of drug-likeness (QED) is 0.542. The summed E-state index contributed by atoms with van der Waals surface area (Å²) in [6, 6.07) is 0. The van der Waals surface area contributed by atoms with E-state index in [1.807, 2.05) is 6.92 Å². The average Bonchev–Trinajstić information content (AvgIpc) is 2.32. The fraction of sp³-hybridized carbons (Fsp3) is 0.600. The largest absolute Gasteiger partial charge is 0.474 e. The first-order chi connectivity index (χ1) is 8.24. The second-order valence-electron chi connectivity index (χ2n) is 2.95. The van der Waals surface area contributed by atoms with Crippen molar-refractivity contribution >= 4 is 27.5 Å². The number of hydrogen-bond acceptors (Lipinski definition) is 5. The summed E-state index contributed by atoms with van der Waals surface area (Å²) in [6.45, 7) is 4.67. The van der Waals surface area contributed by atoms with E-state index in [-0.39, 0.29) is 5.28 Å². The Hall–Kier alpha value is -0.430. The van der Waals surface area contributed by atoms with Crippen molar-refractivity contribution in [2.75, 3.05) is 33.0 Å². The van der Waals surface area contributed by atoms with E-state index in [9.17, 15) is 0 Å². The standard InChI is InChI=1S/C10H14BrClN2O3/c1-2-15-3-4-16-5-6-17-9-8(11)7-13-10(12)14-9/h7H,2-6H2,1H3. The van der Waals surface area contributed by atoms with Gasteiger partial charge in [-0.1, -0.05) is 0 Å². The van der Waals surface area contributed by atoms with Crippen LogP contribution >= 0.6 is 27.5 Å². The predicted molar refractivity (Wildman–Crippen MR) is 67.5 cm³/mol. The van der Waals surface area contributed by atoms with Gasteiger partial charge in [-0.3, -0.25) is 0 Å². The topological polar surface area (TPSA) is 53.5 Å². The zero-order chi connectivity index (χ0) is 12.5. The zero-order valence-corrected chi connectivity index (χ0v) is 11.8. The van der Waals surface area contributed by atoms with E-state index in [0.717, 1.165) is 0 Å². The summed E-state index contributed by atoms with van der Waals surface area (Å²) in [5.74, 6) is 0.415. The summed E-state index contributed by atoms with van der Waals surface area (Å²) in [5.41, 5.74) is 0. The molecule has 5 nitrogen and oxygen atoms in total. The molecule has 96 valence electrons. The fourth-order valence-electron chi connectivity index (χ4n) is 0.994. The minimum atomic E-state index is 0.153. The number of ether oxygens (including phenoxy) is 3. The Kier molecular flexibility index (Phi) is 7.43. The fourth-order valence-corrected chi connectivity index (χ4v) is 1.43. The molecule has 1 heterocycles. The lowest BCUT2D eigenvalue weighted by atomic mass is 10.6. The molecule has 1 rings (SSSR count). The van der Waals surface area contributed by atoms with Crippen molar-refractivity contribution in [1.29, 1.82) is 0 Å². The molecule has 0 radical (unpaired) electrons. The van der Waals surface area contributed by atoms with Crippen molar-refractivity contribution in [2.24, 2.45) is 0 Å². The molecule has 0 fully saturated rings. The number of hydrogen-bond donors (Lipinski definition) is 0. The van der Waals surface area contributed by atoms with Gasteiger partial charge >= 0.3 is 0 Å². The van der Waals surface area contributed by atoms with Crippen molar-refractivity contribution in [1.82, 2.24) is 9.97 Å². The number of rotatable bonds is 8. The molecule has 0 aliphatic rings. The van der Waals surface area contributed by atoms with Crippen molar-refractivity contribution in [2.45, 2.75) is 6.92 Å². The first kappa shape index (κ1) is 14.6. The molecule has 1 aromatic heterocycles. The maximum Gasteiger partial charge on any atom is 0.232 e. The van der Waals surface area contributed by atoms with E-state index in [4.69, 9.17) is 25.8 Å². The van der Waals surface area contributed by atoms with Crippen LogP contribution in [0.1, 0.15) is 6.92 Å². The highest BCUT2D eigenvalue weighted by atomic mass is 79.9. The Morgan fingerprint density at radius 2 is 1.94 bits per heavy atom. The maximum atomic E-state index is 5.64. The van der Waals surface area contributed by atoms with Gasteiger partial charge in [-0.2, -0.15) is 4.98 Å². The van der Waals surface area contributed by atoms with Crippen LogP contribution in [0.4, 0.5) is 0 Å². The normalized spacial score (nSPS) is 10.5. The number of halogens is 2. The zero-order valence-electron chi connectivity index (χ0n) is 9.49. The molecule has 7 heteroatoms. The molecule has 0 unspecified atom stereocenters. The lowest BCUT2D eigenvalue weighted by molar-refractivity contribution is 0.0398. The number of nitrogens with zero attached hydrogens (tertiary/aromatic N) is 2. The second kappa shape index (κ2) is 8.63. The highest BCUT2D eigenvalue weighted by Crippen LogP contribution is 2.22. The summed E-state index contributed by atoms with van der Waals surface area (Å²) in [7, 11) is 0. The molecule has 0 aliphatic heterocycles. The molecule has 0 bridgehead atoms. The van der Waals surface area contributed by atoms with Crippen LogP contribution in [0.25, 0.3) is 0 Å². The summed E-state index contributed by atoms with van der Waals surface area (Å²) >= 11 is 8.91. The number of aromatic nitrogens is 2.